The molecule has 0 bridgehead atoms. The monoisotopic (exact) mass is 296 g/mol. The molecule has 0 aliphatic rings. The van der Waals surface area contributed by atoms with Crippen LogP contribution in [0, 0.1) is 0 Å². The van der Waals surface area contributed by atoms with E-state index >= 15 is 0 Å². The third-order valence-corrected chi connectivity index (χ3v) is 3.55. The fourth-order valence-electron chi connectivity index (χ4n) is 2.15. The van der Waals surface area contributed by atoms with E-state index in [1.54, 1.807) is 35.1 Å². The average Bonchev–Trinajstić information content (AvgIpc) is 2.97. The predicted molar refractivity (Wildman–Crippen MR) is 83.4 cm³/mol. The van der Waals surface area contributed by atoms with Gasteiger partial charge in [-0.25, -0.2) is 0 Å². The van der Waals surface area contributed by atoms with E-state index in [0.29, 0.717) is 10.6 Å². The summed E-state index contributed by atoms with van der Waals surface area (Å²) in [5, 5.41) is 4.71. The van der Waals surface area contributed by atoms with Crippen molar-refractivity contribution in [1.82, 2.24) is 9.78 Å². The zero-order valence-electron chi connectivity index (χ0n) is 11.2. The van der Waals surface area contributed by atoms with Crippen LogP contribution in [0.3, 0.4) is 0 Å². The molecule has 0 unspecified atom stereocenters. The minimum atomic E-state index is -0.0525. The van der Waals surface area contributed by atoms with E-state index < -0.39 is 0 Å². The van der Waals surface area contributed by atoms with E-state index in [-0.39, 0.29) is 12.3 Å². The molecule has 3 nitrogen and oxygen atoms in total. The molecule has 0 spiro atoms. The Labute approximate surface area is 127 Å². The fraction of sp³-hybridized carbons (Fsp3) is 0.0588. The first-order valence-electron chi connectivity index (χ1n) is 6.59. The van der Waals surface area contributed by atoms with Gasteiger partial charge in [0.25, 0.3) is 0 Å². The minimum Gasteiger partial charge on any atom is -0.292 e. The van der Waals surface area contributed by atoms with Gasteiger partial charge in [0, 0.05) is 17.3 Å². The van der Waals surface area contributed by atoms with E-state index in [9.17, 15) is 4.79 Å². The van der Waals surface area contributed by atoms with Crippen molar-refractivity contribution < 1.29 is 4.79 Å². The maximum atomic E-state index is 12.2. The van der Waals surface area contributed by atoms with Gasteiger partial charge < -0.3 is 0 Å². The number of aromatic nitrogens is 2. The molecule has 4 heteroatoms. The molecule has 3 aromatic rings. The standard InChI is InChI=1S/C17H13ClN2O/c18-16-9-5-4-8-15(16)17(21)12-20-11-14(10-19-20)13-6-2-1-3-7-13/h1-11H,12H2. The zero-order chi connectivity index (χ0) is 14.7. The summed E-state index contributed by atoms with van der Waals surface area (Å²) in [7, 11) is 0. The van der Waals surface area contributed by atoms with Crippen LogP contribution in [0.25, 0.3) is 11.1 Å². The first kappa shape index (κ1) is 13.6. The lowest BCUT2D eigenvalue weighted by Crippen LogP contribution is -2.11. The van der Waals surface area contributed by atoms with Crippen LogP contribution in [-0.2, 0) is 6.54 Å². The lowest BCUT2D eigenvalue weighted by atomic mass is 10.1. The van der Waals surface area contributed by atoms with Crippen molar-refractivity contribution in [2.75, 3.05) is 0 Å². The Hall–Kier alpha value is -2.39. The van der Waals surface area contributed by atoms with Gasteiger partial charge in [0.15, 0.2) is 5.78 Å². The van der Waals surface area contributed by atoms with Gasteiger partial charge in [-0.3, -0.25) is 9.48 Å². The van der Waals surface area contributed by atoms with Gasteiger partial charge in [-0.2, -0.15) is 5.10 Å². The van der Waals surface area contributed by atoms with Crippen molar-refractivity contribution in [2.45, 2.75) is 6.54 Å². The molecule has 1 heterocycles. The molecule has 0 atom stereocenters. The van der Waals surface area contributed by atoms with Gasteiger partial charge >= 0.3 is 0 Å². The molecule has 0 fully saturated rings. The first-order chi connectivity index (χ1) is 10.2. The van der Waals surface area contributed by atoms with Crippen molar-refractivity contribution in [1.29, 1.82) is 0 Å². The van der Waals surface area contributed by atoms with Gasteiger partial charge in [0.05, 0.1) is 11.2 Å². The second-order valence-corrected chi connectivity index (χ2v) is 5.10. The number of carbonyl (C=O) groups is 1. The molecule has 0 aliphatic heterocycles. The number of halogens is 1. The van der Waals surface area contributed by atoms with E-state index in [2.05, 4.69) is 5.10 Å². The number of Topliss-reactive ketones (excluding diaryl/α,β-unsaturated/α-hetero) is 1. The van der Waals surface area contributed by atoms with E-state index in [1.165, 1.54) is 0 Å². The van der Waals surface area contributed by atoms with Gasteiger partial charge in [0.2, 0.25) is 0 Å². The van der Waals surface area contributed by atoms with Crippen molar-refractivity contribution in [2.24, 2.45) is 0 Å². The Kier molecular flexibility index (Phi) is 3.84. The van der Waals surface area contributed by atoms with Gasteiger partial charge in [0.1, 0.15) is 6.54 Å². The Bertz CT molecular complexity index is 765. The van der Waals surface area contributed by atoms with Crippen LogP contribution in [-0.4, -0.2) is 15.6 Å². The molecular weight excluding hydrogens is 284 g/mol. The summed E-state index contributed by atoms with van der Waals surface area (Å²) in [4.78, 5) is 12.2. The van der Waals surface area contributed by atoms with Crippen molar-refractivity contribution >= 4 is 17.4 Å². The molecule has 0 saturated carbocycles. The molecule has 0 amide bonds. The Morgan fingerprint density at radius 1 is 1.00 bits per heavy atom. The normalized spacial score (nSPS) is 10.5. The molecular formula is C17H13ClN2O. The summed E-state index contributed by atoms with van der Waals surface area (Å²) < 4.78 is 1.63. The van der Waals surface area contributed by atoms with Crippen LogP contribution in [0.1, 0.15) is 10.4 Å². The number of nitrogens with zero attached hydrogens (tertiary/aromatic N) is 2. The van der Waals surface area contributed by atoms with Gasteiger partial charge in [-0.1, -0.05) is 54.1 Å². The third-order valence-electron chi connectivity index (χ3n) is 3.22. The van der Waals surface area contributed by atoms with Crippen LogP contribution in [0.15, 0.2) is 67.0 Å². The lowest BCUT2D eigenvalue weighted by Gasteiger charge is -2.03. The Morgan fingerprint density at radius 2 is 1.71 bits per heavy atom. The maximum Gasteiger partial charge on any atom is 0.185 e. The number of ketones is 1. The fourth-order valence-corrected chi connectivity index (χ4v) is 2.39. The second kappa shape index (κ2) is 5.94. The summed E-state index contributed by atoms with van der Waals surface area (Å²) in [6.07, 6.45) is 3.62. The average molecular weight is 297 g/mol. The maximum absolute atomic E-state index is 12.2. The largest absolute Gasteiger partial charge is 0.292 e. The zero-order valence-corrected chi connectivity index (χ0v) is 12.0. The van der Waals surface area contributed by atoms with Crippen LogP contribution in [0.5, 0.6) is 0 Å². The van der Waals surface area contributed by atoms with E-state index in [4.69, 9.17) is 11.6 Å². The summed E-state index contributed by atoms with van der Waals surface area (Å²) in [5.74, 6) is -0.0525. The van der Waals surface area contributed by atoms with Crippen LogP contribution in [0.2, 0.25) is 5.02 Å². The molecule has 0 aliphatic carbocycles. The highest BCUT2D eigenvalue weighted by Gasteiger charge is 2.11. The lowest BCUT2D eigenvalue weighted by molar-refractivity contribution is 0.0968. The smallest absolute Gasteiger partial charge is 0.185 e. The highest BCUT2D eigenvalue weighted by molar-refractivity contribution is 6.33. The van der Waals surface area contributed by atoms with Crippen molar-refractivity contribution in [3.63, 3.8) is 0 Å². The number of carbonyl (C=O) groups excluding carboxylic acids is 1. The summed E-state index contributed by atoms with van der Waals surface area (Å²) in [6, 6.07) is 17.0. The molecule has 1 aromatic heterocycles. The minimum absolute atomic E-state index is 0.0525. The second-order valence-electron chi connectivity index (χ2n) is 4.70. The van der Waals surface area contributed by atoms with Crippen LogP contribution in [0.4, 0.5) is 0 Å². The highest BCUT2D eigenvalue weighted by atomic mass is 35.5. The summed E-state index contributed by atoms with van der Waals surface area (Å²) in [6.45, 7) is 0.177. The molecule has 0 saturated heterocycles. The topological polar surface area (TPSA) is 34.9 Å². The molecule has 21 heavy (non-hydrogen) atoms. The number of hydrogen-bond acceptors (Lipinski definition) is 2. The van der Waals surface area contributed by atoms with Gasteiger partial charge in [-0.05, 0) is 17.7 Å². The van der Waals surface area contributed by atoms with E-state index in [0.717, 1.165) is 11.1 Å². The Morgan fingerprint density at radius 3 is 2.48 bits per heavy atom. The number of hydrogen-bond donors (Lipinski definition) is 0. The molecule has 0 N–H and O–H groups in total. The number of benzene rings is 2. The molecule has 0 radical (unpaired) electrons. The molecule has 3 rings (SSSR count). The summed E-state index contributed by atoms with van der Waals surface area (Å²) >= 11 is 6.04. The van der Waals surface area contributed by atoms with Gasteiger partial charge in [-0.15, -0.1) is 0 Å². The SMILES string of the molecule is O=C(Cn1cc(-c2ccccc2)cn1)c1ccccc1Cl. The molecule has 104 valence electrons. The van der Waals surface area contributed by atoms with Crippen LogP contribution < -0.4 is 0 Å². The highest BCUT2D eigenvalue weighted by Crippen LogP contribution is 2.19. The Balaban J connectivity index is 1.79. The van der Waals surface area contributed by atoms with Crippen molar-refractivity contribution in [3.05, 3.63) is 77.6 Å². The van der Waals surface area contributed by atoms with E-state index in [1.807, 2.05) is 36.5 Å². The first-order valence-corrected chi connectivity index (χ1v) is 6.97. The predicted octanol–water partition coefficient (Wildman–Crippen LogP) is 4.09. The molecule has 2 aromatic carbocycles. The van der Waals surface area contributed by atoms with Crippen molar-refractivity contribution in [3.8, 4) is 11.1 Å². The van der Waals surface area contributed by atoms with Crippen LogP contribution >= 0.6 is 11.6 Å². The third kappa shape index (κ3) is 3.03. The summed E-state index contributed by atoms with van der Waals surface area (Å²) in [5.41, 5.74) is 2.59. The quantitative estimate of drug-likeness (QED) is 0.680. The number of rotatable bonds is 4.